The summed E-state index contributed by atoms with van der Waals surface area (Å²) >= 11 is 0. The van der Waals surface area contributed by atoms with Gasteiger partial charge in [0.2, 0.25) is 0 Å². The molecule has 0 saturated carbocycles. The average Bonchev–Trinajstić information content (AvgIpc) is 2.43. The molecule has 0 atom stereocenters. The van der Waals surface area contributed by atoms with Crippen LogP contribution in [0.25, 0.3) is 0 Å². The van der Waals surface area contributed by atoms with Crippen LogP contribution in [-0.4, -0.2) is 39.6 Å². The minimum Gasteiger partial charge on any atom is -0.493 e. The van der Waals surface area contributed by atoms with Crippen LogP contribution in [0.2, 0.25) is 0 Å². The van der Waals surface area contributed by atoms with E-state index in [4.69, 9.17) is 14.2 Å². The van der Waals surface area contributed by atoms with Gasteiger partial charge in [0.05, 0.1) is 18.8 Å². The van der Waals surface area contributed by atoms with Crippen LogP contribution < -0.4 is 10.1 Å². The smallest absolute Gasteiger partial charge is 0.127 e. The number of rotatable bonds is 10. The molecule has 4 nitrogen and oxygen atoms in total. The third-order valence-electron chi connectivity index (χ3n) is 3.27. The van der Waals surface area contributed by atoms with Gasteiger partial charge in [0.1, 0.15) is 11.6 Å². The highest BCUT2D eigenvalue weighted by atomic mass is 19.1. The van der Waals surface area contributed by atoms with Crippen LogP contribution in [-0.2, 0) is 16.0 Å². The van der Waals surface area contributed by atoms with E-state index in [2.05, 4.69) is 5.32 Å². The van der Waals surface area contributed by atoms with Gasteiger partial charge in [0, 0.05) is 39.8 Å². The van der Waals surface area contributed by atoms with Crippen molar-refractivity contribution in [3.63, 3.8) is 0 Å². The lowest BCUT2D eigenvalue weighted by atomic mass is 10.1. The second-order valence-corrected chi connectivity index (χ2v) is 5.53. The lowest BCUT2D eigenvalue weighted by Crippen LogP contribution is -2.25. The van der Waals surface area contributed by atoms with Crippen molar-refractivity contribution in [2.24, 2.45) is 0 Å². The predicted molar refractivity (Wildman–Crippen MR) is 81.2 cm³/mol. The van der Waals surface area contributed by atoms with Crippen LogP contribution in [0.5, 0.6) is 5.75 Å². The van der Waals surface area contributed by atoms with Crippen LogP contribution in [0, 0.1) is 5.82 Å². The Balaban J connectivity index is 2.49. The normalized spacial score (nSPS) is 11.7. The molecule has 0 fully saturated rings. The summed E-state index contributed by atoms with van der Waals surface area (Å²) in [7, 11) is 3.32. The van der Waals surface area contributed by atoms with Gasteiger partial charge in [-0.3, -0.25) is 0 Å². The molecule has 1 aromatic carbocycles. The molecule has 120 valence electrons. The molecule has 5 heteroatoms. The molecule has 1 aromatic rings. The maximum atomic E-state index is 13.6. The SMILES string of the molecule is COCCNCc1cc(F)cc(OCCC(C)(C)OC)c1. The van der Waals surface area contributed by atoms with E-state index in [1.54, 1.807) is 14.2 Å². The molecular formula is C16H26FNO3. The monoisotopic (exact) mass is 299 g/mol. The van der Waals surface area contributed by atoms with Gasteiger partial charge in [-0.1, -0.05) is 0 Å². The number of methoxy groups -OCH3 is 2. The summed E-state index contributed by atoms with van der Waals surface area (Å²) in [6.45, 7) is 6.41. The van der Waals surface area contributed by atoms with Crippen molar-refractivity contribution in [1.82, 2.24) is 5.32 Å². The fourth-order valence-corrected chi connectivity index (χ4v) is 1.73. The first kappa shape index (κ1) is 17.9. The highest BCUT2D eigenvalue weighted by Gasteiger charge is 2.16. The van der Waals surface area contributed by atoms with Crippen molar-refractivity contribution < 1.29 is 18.6 Å². The van der Waals surface area contributed by atoms with Gasteiger partial charge in [-0.25, -0.2) is 4.39 Å². The maximum Gasteiger partial charge on any atom is 0.127 e. The van der Waals surface area contributed by atoms with Gasteiger partial charge < -0.3 is 19.5 Å². The van der Waals surface area contributed by atoms with Crippen LogP contribution in [0.3, 0.4) is 0 Å². The molecule has 0 unspecified atom stereocenters. The standard InChI is InChI=1S/C16H26FNO3/c1-16(2,20-4)5-7-21-15-10-13(9-14(17)11-15)12-18-6-8-19-3/h9-11,18H,5-8,12H2,1-4H3. The summed E-state index contributed by atoms with van der Waals surface area (Å²) in [6, 6.07) is 4.76. The fraction of sp³-hybridized carbons (Fsp3) is 0.625. The summed E-state index contributed by atoms with van der Waals surface area (Å²) in [4.78, 5) is 0. The maximum absolute atomic E-state index is 13.6. The van der Waals surface area contributed by atoms with E-state index in [9.17, 15) is 4.39 Å². The Bertz CT molecular complexity index is 424. The minimum atomic E-state index is -0.290. The van der Waals surface area contributed by atoms with E-state index >= 15 is 0 Å². The molecule has 0 heterocycles. The zero-order valence-electron chi connectivity index (χ0n) is 13.4. The Morgan fingerprint density at radius 2 is 1.90 bits per heavy atom. The number of nitrogens with one attached hydrogen (secondary N) is 1. The Labute approximate surface area is 126 Å². The molecular weight excluding hydrogens is 273 g/mol. The van der Waals surface area contributed by atoms with Crippen LogP contribution in [0.4, 0.5) is 4.39 Å². The molecule has 0 aliphatic rings. The van der Waals surface area contributed by atoms with Crippen molar-refractivity contribution in [1.29, 1.82) is 0 Å². The van der Waals surface area contributed by atoms with E-state index in [1.807, 2.05) is 19.9 Å². The molecule has 1 rings (SSSR count). The zero-order chi connectivity index (χ0) is 15.7. The number of benzene rings is 1. The molecule has 0 aromatic heterocycles. The van der Waals surface area contributed by atoms with Crippen LogP contribution >= 0.6 is 0 Å². The zero-order valence-corrected chi connectivity index (χ0v) is 13.4. The highest BCUT2D eigenvalue weighted by molar-refractivity contribution is 5.29. The second-order valence-electron chi connectivity index (χ2n) is 5.53. The van der Waals surface area contributed by atoms with E-state index in [0.717, 1.165) is 18.5 Å². The topological polar surface area (TPSA) is 39.7 Å². The van der Waals surface area contributed by atoms with Crippen molar-refractivity contribution >= 4 is 0 Å². The Morgan fingerprint density at radius 1 is 1.14 bits per heavy atom. The Kier molecular flexibility index (Phi) is 7.64. The molecule has 0 spiro atoms. The average molecular weight is 299 g/mol. The number of hydrogen-bond donors (Lipinski definition) is 1. The predicted octanol–water partition coefficient (Wildman–Crippen LogP) is 2.76. The Morgan fingerprint density at radius 3 is 2.57 bits per heavy atom. The van der Waals surface area contributed by atoms with Gasteiger partial charge in [0.25, 0.3) is 0 Å². The largest absolute Gasteiger partial charge is 0.493 e. The minimum absolute atomic E-state index is 0.238. The lowest BCUT2D eigenvalue weighted by Gasteiger charge is -2.22. The first-order valence-electron chi connectivity index (χ1n) is 7.14. The molecule has 0 saturated heterocycles. The van der Waals surface area contributed by atoms with Gasteiger partial charge in [-0.05, 0) is 31.5 Å². The van der Waals surface area contributed by atoms with Crippen molar-refractivity contribution in [3.8, 4) is 5.75 Å². The lowest BCUT2D eigenvalue weighted by molar-refractivity contribution is 0.00543. The molecule has 1 N–H and O–H groups in total. The van der Waals surface area contributed by atoms with Gasteiger partial charge >= 0.3 is 0 Å². The Hall–Kier alpha value is -1.17. The summed E-state index contributed by atoms with van der Waals surface area (Å²) in [6.07, 6.45) is 0.738. The first-order chi connectivity index (χ1) is 9.96. The first-order valence-corrected chi connectivity index (χ1v) is 7.14. The van der Waals surface area contributed by atoms with E-state index in [1.165, 1.54) is 12.1 Å². The fourth-order valence-electron chi connectivity index (χ4n) is 1.73. The molecule has 0 aliphatic carbocycles. The van der Waals surface area contributed by atoms with E-state index < -0.39 is 0 Å². The number of ether oxygens (including phenoxy) is 3. The van der Waals surface area contributed by atoms with Crippen molar-refractivity contribution in [2.75, 3.05) is 34.0 Å². The quantitative estimate of drug-likeness (QED) is 0.674. The molecule has 21 heavy (non-hydrogen) atoms. The summed E-state index contributed by atoms with van der Waals surface area (Å²) in [5.41, 5.74) is 0.616. The highest BCUT2D eigenvalue weighted by Crippen LogP contribution is 2.19. The summed E-state index contributed by atoms with van der Waals surface area (Å²) in [5, 5.41) is 3.18. The second kappa shape index (κ2) is 8.97. The third kappa shape index (κ3) is 7.41. The number of halogens is 1. The van der Waals surface area contributed by atoms with Gasteiger partial charge in [-0.2, -0.15) is 0 Å². The van der Waals surface area contributed by atoms with Crippen molar-refractivity contribution in [3.05, 3.63) is 29.6 Å². The number of hydrogen-bond acceptors (Lipinski definition) is 4. The van der Waals surface area contributed by atoms with Gasteiger partial charge in [-0.15, -0.1) is 0 Å². The summed E-state index contributed by atoms with van der Waals surface area (Å²) in [5.74, 6) is 0.257. The van der Waals surface area contributed by atoms with E-state index in [0.29, 0.717) is 25.5 Å². The molecule has 0 aliphatic heterocycles. The van der Waals surface area contributed by atoms with Gasteiger partial charge in [0.15, 0.2) is 0 Å². The molecule has 0 radical (unpaired) electrons. The van der Waals surface area contributed by atoms with Crippen LogP contribution in [0.15, 0.2) is 18.2 Å². The third-order valence-corrected chi connectivity index (χ3v) is 3.27. The van der Waals surface area contributed by atoms with Crippen LogP contribution in [0.1, 0.15) is 25.8 Å². The molecule has 0 amide bonds. The van der Waals surface area contributed by atoms with Crippen molar-refractivity contribution in [2.45, 2.75) is 32.4 Å². The van der Waals surface area contributed by atoms with E-state index in [-0.39, 0.29) is 11.4 Å². The summed E-state index contributed by atoms with van der Waals surface area (Å²) < 4.78 is 29.5. The molecule has 0 bridgehead atoms.